The lowest BCUT2D eigenvalue weighted by Crippen LogP contribution is -2.30. The highest BCUT2D eigenvalue weighted by Crippen LogP contribution is 2.28. The van der Waals surface area contributed by atoms with Crippen molar-refractivity contribution in [2.24, 2.45) is 5.92 Å². The lowest BCUT2D eigenvalue weighted by Gasteiger charge is -2.22. The number of hydrogen-bond donors (Lipinski definition) is 2. The van der Waals surface area contributed by atoms with Crippen LogP contribution in [0.4, 0.5) is 5.69 Å². The van der Waals surface area contributed by atoms with Crippen LogP contribution in [0.3, 0.4) is 0 Å². The van der Waals surface area contributed by atoms with E-state index in [0.29, 0.717) is 5.92 Å². The van der Waals surface area contributed by atoms with E-state index in [1.807, 2.05) is 0 Å². The molecular weight excluding hydrogens is 220 g/mol. The van der Waals surface area contributed by atoms with Crippen LogP contribution in [0.1, 0.15) is 18.4 Å². The fourth-order valence-electron chi connectivity index (χ4n) is 2.27. The van der Waals surface area contributed by atoms with E-state index >= 15 is 0 Å². The molecule has 1 fully saturated rings. The number of rotatable bonds is 3. The number of nitro benzene ring substituents is 1. The minimum absolute atomic E-state index is 0.203. The fourth-order valence-corrected chi connectivity index (χ4v) is 2.27. The van der Waals surface area contributed by atoms with Gasteiger partial charge in [0, 0.05) is 6.07 Å². The lowest BCUT2D eigenvalue weighted by atomic mass is 9.92. The molecule has 92 valence electrons. The molecule has 0 amide bonds. The van der Waals surface area contributed by atoms with Gasteiger partial charge < -0.3 is 10.4 Å². The summed E-state index contributed by atoms with van der Waals surface area (Å²) in [7, 11) is 0. The second-order valence-electron chi connectivity index (χ2n) is 4.50. The molecule has 1 unspecified atom stereocenters. The quantitative estimate of drug-likeness (QED) is 0.620. The molecule has 17 heavy (non-hydrogen) atoms. The van der Waals surface area contributed by atoms with Gasteiger partial charge in [-0.3, -0.25) is 10.1 Å². The van der Waals surface area contributed by atoms with Crippen LogP contribution < -0.4 is 5.32 Å². The molecule has 1 aliphatic heterocycles. The van der Waals surface area contributed by atoms with Crippen molar-refractivity contribution in [1.82, 2.24) is 5.32 Å². The number of nitrogens with one attached hydrogen (secondary N) is 1. The van der Waals surface area contributed by atoms with Crippen LogP contribution in [0.25, 0.3) is 0 Å². The van der Waals surface area contributed by atoms with Gasteiger partial charge in [0.1, 0.15) is 0 Å². The Morgan fingerprint density at radius 2 is 2.35 bits per heavy atom. The Kier molecular flexibility index (Phi) is 3.58. The summed E-state index contributed by atoms with van der Waals surface area (Å²) >= 11 is 0. The molecule has 0 bridgehead atoms. The first-order valence-electron chi connectivity index (χ1n) is 5.84. The van der Waals surface area contributed by atoms with Crippen molar-refractivity contribution in [3.05, 3.63) is 33.9 Å². The first-order valence-corrected chi connectivity index (χ1v) is 5.84. The van der Waals surface area contributed by atoms with Gasteiger partial charge in [0.25, 0.3) is 0 Å². The average molecular weight is 236 g/mol. The van der Waals surface area contributed by atoms with Crippen LogP contribution in [0.2, 0.25) is 0 Å². The number of phenols is 1. The topological polar surface area (TPSA) is 75.4 Å². The van der Waals surface area contributed by atoms with Gasteiger partial charge in [0.2, 0.25) is 0 Å². The highest BCUT2D eigenvalue weighted by molar-refractivity contribution is 5.47. The maximum atomic E-state index is 10.7. The third kappa shape index (κ3) is 2.94. The van der Waals surface area contributed by atoms with Gasteiger partial charge in [-0.15, -0.1) is 0 Å². The van der Waals surface area contributed by atoms with Gasteiger partial charge in [-0.25, -0.2) is 0 Å². The van der Waals surface area contributed by atoms with E-state index in [9.17, 15) is 15.2 Å². The van der Waals surface area contributed by atoms with E-state index < -0.39 is 4.92 Å². The second-order valence-corrected chi connectivity index (χ2v) is 4.50. The summed E-state index contributed by atoms with van der Waals surface area (Å²) in [6, 6.07) is 4.64. The van der Waals surface area contributed by atoms with E-state index in [0.717, 1.165) is 37.9 Å². The predicted octanol–water partition coefficient (Wildman–Crippen LogP) is 1.84. The fraction of sp³-hybridized carbons (Fsp3) is 0.500. The maximum absolute atomic E-state index is 10.7. The minimum Gasteiger partial charge on any atom is -0.502 e. The van der Waals surface area contributed by atoms with Crippen LogP contribution in [0.5, 0.6) is 5.75 Å². The molecule has 1 saturated heterocycles. The molecule has 0 spiro atoms. The standard InChI is InChI=1S/C12H16N2O3/c15-12-4-3-9(7-11(12)14(16)17)6-10-2-1-5-13-8-10/h3-4,7,10,13,15H,1-2,5-6,8H2. The number of nitro groups is 1. The number of benzene rings is 1. The highest BCUT2D eigenvalue weighted by atomic mass is 16.6. The summed E-state index contributed by atoms with van der Waals surface area (Å²) in [5.41, 5.74) is 0.717. The minimum atomic E-state index is -0.544. The van der Waals surface area contributed by atoms with Crippen molar-refractivity contribution in [3.63, 3.8) is 0 Å². The van der Waals surface area contributed by atoms with E-state index in [-0.39, 0.29) is 11.4 Å². The molecule has 1 atom stereocenters. The molecule has 0 saturated carbocycles. The molecule has 5 heteroatoms. The van der Waals surface area contributed by atoms with Gasteiger partial charge >= 0.3 is 5.69 Å². The first kappa shape index (κ1) is 11.9. The van der Waals surface area contributed by atoms with Crippen molar-refractivity contribution in [3.8, 4) is 5.75 Å². The van der Waals surface area contributed by atoms with E-state index in [2.05, 4.69) is 5.32 Å². The molecule has 1 heterocycles. The van der Waals surface area contributed by atoms with Crippen LogP contribution in [-0.4, -0.2) is 23.1 Å². The molecule has 2 rings (SSSR count). The highest BCUT2D eigenvalue weighted by Gasteiger charge is 2.17. The summed E-state index contributed by atoms with van der Waals surface area (Å²) in [5.74, 6) is 0.272. The SMILES string of the molecule is O=[N+]([O-])c1cc(CC2CCCNC2)ccc1O. The largest absolute Gasteiger partial charge is 0.502 e. The smallest absolute Gasteiger partial charge is 0.310 e. The third-order valence-corrected chi connectivity index (χ3v) is 3.16. The molecule has 0 aliphatic carbocycles. The Morgan fingerprint density at radius 3 is 3.00 bits per heavy atom. The number of piperidine rings is 1. The molecular formula is C12H16N2O3. The lowest BCUT2D eigenvalue weighted by molar-refractivity contribution is -0.385. The van der Waals surface area contributed by atoms with Crippen molar-refractivity contribution in [1.29, 1.82) is 0 Å². The summed E-state index contributed by atoms with van der Waals surface area (Å²) in [5, 5.41) is 23.4. The van der Waals surface area contributed by atoms with Crippen LogP contribution >= 0.6 is 0 Å². The Hall–Kier alpha value is -1.62. The van der Waals surface area contributed by atoms with Crippen LogP contribution in [-0.2, 0) is 6.42 Å². The summed E-state index contributed by atoms with van der Waals surface area (Å²) in [4.78, 5) is 10.2. The zero-order valence-corrected chi connectivity index (χ0v) is 9.56. The van der Waals surface area contributed by atoms with E-state index in [1.165, 1.54) is 12.1 Å². The third-order valence-electron chi connectivity index (χ3n) is 3.16. The van der Waals surface area contributed by atoms with Gasteiger partial charge in [0.05, 0.1) is 4.92 Å². The van der Waals surface area contributed by atoms with Crippen molar-refractivity contribution < 1.29 is 10.0 Å². The Labute approximate surface area is 99.6 Å². The predicted molar refractivity (Wildman–Crippen MR) is 64.1 cm³/mol. The summed E-state index contributed by atoms with van der Waals surface area (Å²) in [6.45, 7) is 2.03. The van der Waals surface area contributed by atoms with Gasteiger partial charge in [-0.2, -0.15) is 0 Å². The monoisotopic (exact) mass is 236 g/mol. The van der Waals surface area contributed by atoms with Gasteiger partial charge in [-0.1, -0.05) is 6.07 Å². The summed E-state index contributed by atoms with van der Waals surface area (Å²) in [6.07, 6.45) is 3.14. The normalized spacial score (nSPS) is 20.1. The molecule has 1 aliphatic rings. The van der Waals surface area contributed by atoms with Gasteiger partial charge in [0.15, 0.2) is 5.75 Å². The molecule has 5 nitrogen and oxygen atoms in total. The molecule has 1 aromatic carbocycles. The number of phenolic OH excluding ortho intramolecular Hbond substituents is 1. The molecule has 0 aromatic heterocycles. The molecule has 0 radical (unpaired) electrons. The zero-order valence-electron chi connectivity index (χ0n) is 9.56. The van der Waals surface area contributed by atoms with E-state index in [1.54, 1.807) is 6.07 Å². The van der Waals surface area contributed by atoms with Crippen LogP contribution in [0.15, 0.2) is 18.2 Å². The van der Waals surface area contributed by atoms with E-state index in [4.69, 9.17) is 0 Å². The van der Waals surface area contributed by atoms with Crippen LogP contribution in [0, 0.1) is 16.0 Å². The molecule has 1 aromatic rings. The van der Waals surface area contributed by atoms with Crippen molar-refractivity contribution in [2.45, 2.75) is 19.3 Å². The van der Waals surface area contributed by atoms with Crippen molar-refractivity contribution in [2.75, 3.05) is 13.1 Å². The number of nitrogens with zero attached hydrogens (tertiary/aromatic N) is 1. The first-order chi connectivity index (χ1) is 8.16. The Bertz CT molecular complexity index is 414. The van der Waals surface area contributed by atoms with Crippen molar-refractivity contribution >= 4 is 5.69 Å². The maximum Gasteiger partial charge on any atom is 0.310 e. The van der Waals surface area contributed by atoms with Gasteiger partial charge in [-0.05, 0) is 49.9 Å². The summed E-state index contributed by atoms with van der Waals surface area (Å²) < 4.78 is 0. The Balaban J connectivity index is 2.10. The Morgan fingerprint density at radius 1 is 1.53 bits per heavy atom. The zero-order chi connectivity index (χ0) is 12.3. The number of hydrogen-bond acceptors (Lipinski definition) is 4. The molecule has 2 N–H and O–H groups in total. The second kappa shape index (κ2) is 5.14. The number of aromatic hydroxyl groups is 1. The average Bonchev–Trinajstić information content (AvgIpc) is 2.32.